The lowest BCUT2D eigenvalue weighted by Gasteiger charge is -2.03. The molecule has 0 unspecified atom stereocenters. The van der Waals surface area contributed by atoms with Crippen molar-refractivity contribution in [3.63, 3.8) is 0 Å². The maximum absolute atomic E-state index is 12.0. The van der Waals surface area contributed by atoms with E-state index in [-0.39, 0.29) is 4.90 Å². The molecule has 6 heteroatoms. The van der Waals surface area contributed by atoms with Crippen molar-refractivity contribution < 1.29 is 13.2 Å². The van der Waals surface area contributed by atoms with Gasteiger partial charge in [0.1, 0.15) is 5.75 Å². The molecular formula is C15H16N2O3S. The maximum Gasteiger partial charge on any atom is 0.276 e. The number of hydrazone groups is 1. The van der Waals surface area contributed by atoms with Crippen LogP contribution in [-0.4, -0.2) is 21.7 Å². The van der Waals surface area contributed by atoms with E-state index in [1.165, 1.54) is 6.21 Å². The van der Waals surface area contributed by atoms with Crippen LogP contribution in [0.2, 0.25) is 0 Å². The van der Waals surface area contributed by atoms with Crippen LogP contribution in [0.4, 0.5) is 0 Å². The third kappa shape index (κ3) is 4.06. The summed E-state index contributed by atoms with van der Waals surface area (Å²) in [6.07, 6.45) is 1.44. The van der Waals surface area contributed by atoms with Gasteiger partial charge in [-0.05, 0) is 48.9 Å². The highest BCUT2D eigenvalue weighted by molar-refractivity contribution is 7.89. The van der Waals surface area contributed by atoms with E-state index in [4.69, 9.17) is 4.74 Å². The molecule has 0 radical (unpaired) electrons. The van der Waals surface area contributed by atoms with Crippen LogP contribution in [0.5, 0.6) is 5.75 Å². The molecule has 0 saturated heterocycles. The van der Waals surface area contributed by atoms with E-state index in [0.29, 0.717) is 0 Å². The van der Waals surface area contributed by atoms with Gasteiger partial charge >= 0.3 is 0 Å². The monoisotopic (exact) mass is 304 g/mol. The molecule has 2 aromatic rings. The minimum Gasteiger partial charge on any atom is -0.497 e. The Labute approximate surface area is 124 Å². The first kappa shape index (κ1) is 15.1. The van der Waals surface area contributed by atoms with Crippen molar-refractivity contribution in [2.45, 2.75) is 11.8 Å². The summed E-state index contributed by atoms with van der Waals surface area (Å²) in [6.45, 7) is 1.89. The van der Waals surface area contributed by atoms with E-state index in [1.807, 2.05) is 6.92 Å². The van der Waals surface area contributed by atoms with Gasteiger partial charge in [0.05, 0.1) is 18.2 Å². The topological polar surface area (TPSA) is 67.8 Å². The molecule has 0 atom stereocenters. The Kier molecular flexibility index (Phi) is 4.59. The Balaban J connectivity index is 2.06. The number of aryl methyl sites for hydroxylation is 1. The SMILES string of the molecule is COc1ccc(C=NNS(=O)(=O)c2ccc(C)cc2)cc1. The Morgan fingerprint density at radius 1 is 1.05 bits per heavy atom. The minimum atomic E-state index is -3.63. The van der Waals surface area contributed by atoms with Gasteiger partial charge < -0.3 is 4.74 Å². The summed E-state index contributed by atoms with van der Waals surface area (Å²) in [6, 6.07) is 13.7. The first-order valence-corrected chi connectivity index (χ1v) is 7.75. The first-order chi connectivity index (χ1) is 10.0. The molecule has 1 N–H and O–H groups in total. The number of ether oxygens (including phenoxy) is 1. The van der Waals surface area contributed by atoms with Crippen molar-refractivity contribution in [1.29, 1.82) is 0 Å². The molecule has 2 rings (SSSR count). The average Bonchev–Trinajstić information content (AvgIpc) is 2.48. The lowest BCUT2D eigenvalue weighted by atomic mass is 10.2. The van der Waals surface area contributed by atoms with Gasteiger partial charge in [0.2, 0.25) is 0 Å². The summed E-state index contributed by atoms with van der Waals surface area (Å²) in [7, 11) is -2.05. The van der Waals surface area contributed by atoms with Crippen LogP contribution < -0.4 is 9.57 Å². The zero-order valence-electron chi connectivity index (χ0n) is 11.8. The molecule has 0 heterocycles. The van der Waals surface area contributed by atoms with Crippen LogP contribution in [0.3, 0.4) is 0 Å². The number of rotatable bonds is 5. The lowest BCUT2D eigenvalue weighted by Crippen LogP contribution is -2.18. The summed E-state index contributed by atoms with van der Waals surface area (Å²) in [5.74, 6) is 0.729. The first-order valence-electron chi connectivity index (χ1n) is 6.27. The predicted molar refractivity (Wildman–Crippen MR) is 82.1 cm³/mol. The molecule has 21 heavy (non-hydrogen) atoms. The smallest absolute Gasteiger partial charge is 0.276 e. The number of sulfonamides is 1. The second-order valence-electron chi connectivity index (χ2n) is 4.44. The van der Waals surface area contributed by atoms with Gasteiger partial charge in [-0.1, -0.05) is 17.7 Å². The molecule has 5 nitrogen and oxygen atoms in total. The molecule has 0 amide bonds. The largest absolute Gasteiger partial charge is 0.497 e. The fourth-order valence-corrected chi connectivity index (χ4v) is 2.42. The number of hydrogen-bond acceptors (Lipinski definition) is 4. The Morgan fingerprint density at radius 3 is 2.24 bits per heavy atom. The lowest BCUT2D eigenvalue weighted by molar-refractivity contribution is 0.415. The van der Waals surface area contributed by atoms with Gasteiger partial charge in [0.25, 0.3) is 10.0 Å². The summed E-state index contributed by atoms with van der Waals surface area (Å²) in [5, 5.41) is 3.76. The van der Waals surface area contributed by atoms with Gasteiger partial charge in [-0.2, -0.15) is 13.5 Å². The van der Waals surface area contributed by atoms with Crippen molar-refractivity contribution in [1.82, 2.24) is 4.83 Å². The third-order valence-corrected chi connectivity index (χ3v) is 4.07. The molecule has 0 fully saturated rings. The van der Waals surface area contributed by atoms with Gasteiger partial charge in [0, 0.05) is 0 Å². The van der Waals surface area contributed by atoms with Crippen molar-refractivity contribution in [2.75, 3.05) is 7.11 Å². The van der Waals surface area contributed by atoms with Crippen molar-refractivity contribution in [3.05, 3.63) is 59.7 Å². The van der Waals surface area contributed by atoms with Gasteiger partial charge in [-0.15, -0.1) is 0 Å². The standard InChI is InChI=1S/C15H16N2O3S/c1-12-3-9-15(10-4-12)21(18,19)17-16-11-13-5-7-14(20-2)8-6-13/h3-11,17H,1-2H3. The summed E-state index contributed by atoms with van der Waals surface area (Å²) < 4.78 is 29.0. The van der Waals surface area contributed by atoms with Crippen LogP contribution >= 0.6 is 0 Å². The van der Waals surface area contributed by atoms with E-state index < -0.39 is 10.0 Å². The van der Waals surface area contributed by atoms with Crippen LogP contribution in [0.1, 0.15) is 11.1 Å². The van der Waals surface area contributed by atoms with Crippen LogP contribution in [0.25, 0.3) is 0 Å². The number of nitrogens with zero attached hydrogens (tertiary/aromatic N) is 1. The molecule has 0 aliphatic carbocycles. The zero-order valence-corrected chi connectivity index (χ0v) is 12.6. The maximum atomic E-state index is 12.0. The van der Waals surface area contributed by atoms with Crippen molar-refractivity contribution in [3.8, 4) is 5.75 Å². The Bertz CT molecular complexity index is 721. The van der Waals surface area contributed by atoms with E-state index >= 15 is 0 Å². The summed E-state index contributed by atoms with van der Waals surface area (Å²) >= 11 is 0. The average molecular weight is 304 g/mol. The highest BCUT2D eigenvalue weighted by atomic mass is 32.2. The highest BCUT2D eigenvalue weighted by Crippen LogP contribution is 2.11. The number of methoxy groups -OCH3 is 1. The van der Waals surface area contributed by atoms with Gasteiger partial charge in [-0.3, -0.25) is 0 Å². The molecule has 0 bridgehead atoms. The fraction of sp³-hybridized carbons (Fsp3) is 0.133. The molecular weight excluding hydrogens is 288 g/mol. The molecule has 0 aliphatic rings. The van der Waals surface area contributed by atoms with E-state index in [2.05, 4.69) is 9.93 Å². The molecule has 0 saturated carbocycles. The van der Waals surface area contributed by atoms with E-state index in [9.17, 15) is 8.42 Å². The number of nitrogens with one attached hydrogen (secondary N) is 1. The number of hydrogen-bond donors (Lipinski definition) is 1. The molecule has 0 aromatic heterocycles. The van der Waals surface area contributed by atoms with Crippen LogP contribution in [0.15, 0.2) is 58.5 Å². The highest BCUT2D eigenvalue weighted by Gasteiger charge is 2.11. The Morgan fingerprint density at radius 2 is 1.67 bits per heavy atom. The van der Waals surface area contributed by atoms with Gasteiger partial charge in [-0.25, -0.2) is 4.83 Å². The number of benzene rings is 2. The second kappa shape index (κ2) is 6.41. The molecule has 2 aromatic carbocycles. The fourth-order valence-electron chi connectivity index (χ4n) is 1.63. The predicted octanol–water partition coefficient (Wildman–Crippen LogP) is 2.32. The normalized spacial score (nSPS) is 11.5. The van der Waals surface area contributed by atoms with Crippen molar-refractivity contribution in [2.24, 2.45) is 5.10 Å². The Hall–Kier alpha value is -2.34. The third-order valence-electron chi connectivity index (χ3n) is 2.83. The van der Waals surface area contributed by atoms with E-state index in [1.54, 1.807) is 55.6 Å². The van der Waals surface area contributed by atoms with Crippen LogP contribution in [-0.2, 0) is 10.0 Å². The zero-order chi connectivity index (χ0) is 15.3. The molecule has 110 valence electrons. The summed E-state index contributed by atoms with van der Waals surface area (Å²) in [5.41, 5.74) is 1.76. The minimum absolute atomic E-state index is 0.181. The van der Waals surface area contributed by atoms with E-state index in [0.717, 1.165) is 16.9 Å². The van der Waals surface area contributed by atoms with Crippen LogP contribution in [0, 0.1) is 6.92 Å². The molecule has 0 spiro atoms. The van der Waals surface area contributed by atoms with Gasteiger partial charge in [0.15, 0.2) is 0 Å². The summed E-state index contributed by atoms with van der Waals surface area (Å²) in [4.78, 5) is 2.36. The second-order valence-corrected chi connectivity index (χ2v) is 6.10. The molecule has 0 aliphatic heterocycles. The quantitative estimate of drug-likeness (QED) is 0.681. The van der Waals surface area contributed by atoms with Crippen molar-refractivity contribution >= 4 is 16.2 Å².